The third kappa shape index (κ3) is 4.50. The number of benzene rings is 3. The van der Waals surface area contributed by atoms with Crippen LogP contribution in [0.1, 0.15) is 32.4 Å². The summed E-state index contributed by atoms with van der Waals surface area (Å²) in [7, 11) is 0. The first-order valence-corrected chi connectivity index (χ1v) is 10.8. The van der Waals surface area contributed by atoms with Gasteiger partial charge in [0, 0.05) is 11.1 Å². The summed E-state index contributed by atoms with van der Waals surface area (Å²) in [5.74, 6) is -5.17. The number of esters is 1. The molecular weight excluding hydrogens is 489 g/mol. The Morgan fingerprint density at radius 3 is 2.21 bits per heavy atom. The minimum absolute atomic E-state index is 0.0409. The van der Waals surface area contributed by atoms with Gasteiger partial charge in [-0.3, -0.25) is 14.4 Å². The summed E-state index contributed by atoms with van der Waals surface area (Å²) >= 11 is 18.0. The molecule has 9 heteroatoms. The van der Waals surface area contributed by atoms with Crippen molar-refractivity contribution in [1.82, 2.24) is 0 Å². The average molecular weight is 503 g/mol. The molecule has 0 fully saturated rings. The number of rotatable bonds is 6. The lowest BCUT2D eigenvalue weighted by molar-refractivity contribution is -0.138. The van der Waals surface area contributed by atoms with Crippen LogP contribution in [0, 0.1) is 5.92 Å². The number of ketones is 2. The predicted molar refractivity (Wildman–Crippen MR) is 124 cm³/mol. The van der Waals surface area contributed by atoms with Crippen molar-refractivity contribution in [2.45, 2.75) is 6.10 Å². The van der Waals surface area contributed by atoms with E-state index in [1.54, 1.807) is 36.4 Å². The Bertz CT molecular complexity index is 1290. The molecule has 3 aromatic carbocycles. The van der Waals surface area contributed by atoms with E-state index in [1.165, 1.54) is 30.3 Å². The molecule has 166 valence electrons. The van der Waals surface area contributed by atoms with Gasteiger partial charge < -0.3 is 10.1 Å². The number of halogens is 3. The number of amides is 1. The van der Waals surface area contributed by atoms with Crippen LogP contribution in [0.2, 0.25) is 15.1 Å². The molecule has 0 radical (unpaired) electrons. The molecule has 0 unspecified atom stereocenters. The molecule has 0 spiro atoms. The van der Waals surface area contributed by atoms with E-state index in [9.17, 15) is 19.2 Å². The van der Waals surface area contributed by atoms with Crippen molar-refractivity contribution in [3.63, 3.8) is 0 Å². The first-order valence-electron chi connectivity index (χ1n) is 9.67. The largest absolute Gasteiger partial charge is 0.453 e. The fourth-order valence-electron chi connectivity index (χ4n) is 3.54. The minimum atomic E-state index is -1.61. The Morgan fingerprint density at radius 1 is 0.848 bits per heavy atom. The Morgan fingerprint density at radius 2 is 1.48 bits per heavy atom. The molecule has 0 aliphatic carbocycles. The highest BCUT2D eigenvalue weighted by molar-refractivity contribution is 6.47. The summed E-state index contributed by atoms with van der Waals surface area (Å²) in [6.07, 6.45) is -1.26. The third-order valence-corrected chi connectivity index (χ3v) is 6.16. The van der Waals surface area contributed by atoms with Crippen LogP contribution in [0.15, 0.2) is 66.7 Å². The number of Topliss-reactive ketones (excluding diaryl/α,β-unsaturated/α-hetero) is 2. The molecule has 1 aliphatic heterocycles. The lowest BCUT2D eigenvalue weighted by Crippen LogP contribution is -2.38. The normalized spacial score (nSPS) is 15.4. The average Bonchev–Trinajstić information content (AvgIpc) is 3.14. The molecule has 4 rings (SSSR count). The fraction of sp³-hybridized carbons (Fsp3) is 0.0833. The second kappa shape index (κ2) is 9.35. The van der Waals surface area contributed by atoms with Crippen molar-refractivity contribution in [1.29, 1.82) is 0 Å². The summed E-state index contributed by atoms with van der Waals surface area (Å²) < 4.78 is 5.39. The van der Waals surface area contributed by atoms with Gasteiger partial charge in [0.2, 0.25) is 5.78 Å². The highest BCUT2D eigenvalue weighted by atomic mass is 35.5. The number of anilines is 1. The van der Waals surface area contributed by atoms with Crippen LogP contribution < -0.4 is 5.32 Å². The van der Waals surface area contributed by atoms with Crippen molar-refractivity contribution in [2.75, 3.05) is 5.32 Å². The lowest BCUT2D eigenvalue weighted by atomic mass is 9.84. The number of carbonyl (C=O) groups is 4. The Labute approximate surface area is 203 Å². The van der Waals surface area contributed by atoms with E-state index >= 15 is 0 Å². The molecule has 0 bridgehead atoms. The van der Waals surface area contributed by atoms with Gasteiger partial charge in [0.15, 0.2) is 5.78 Å². The maximum Gasteiger partial charge on any atom is 0.339 e. The molecule has 6 nitrogen and oxygen atoms in total. The summed E-state index contributed by atoms with van der Waals surface area (Å²) in [5, 5.41) is 2.69. The molecule has 1 heterocycles. The van der Waals surface area contributed by atoms with E-state index in [4.69, 9.17) is 39.5 Å². The fourth-order valence-corrected chi connectivity index (χ4v) is 4.13. The maximum absolute atomic E-state index is 13.4. The molecule has 0 aromatic heterocycles. The van der Waals surface area contributed by atoms with Crippen LogP contribution in [-0.4, -0.2) is 23.4 Å². The summed E-state index contributed by atoms with van der Waals surface area (Å²) in [6.45, 7) is 0. The van der Waals surface area contributed by atoms with Gasteiger partial charge in [-0.25, -0.2) is 4.79 Å². The monoisotopic (exact) mass is 501 g/mol. The van der Waals surface area contributed by atoms with Crippen LogP contribution in [0.5, 0.6) is 0 Å². The van der Waals surface area contributed by atoms with E-state index in [0.29, 0.717) is 5.56 Å². The van der Waals surface area contributed by atoms with Crippen molar-refractivity contribution >= 4 is 63.9 Å². The Kier molecular flexibility index (Phi) is 6.51. The van der Waals surface area contributed by atoms with Crippen LogP contribution in [-0.2, 0) is 14.3 Å². The van der Waals surface area contributed by atoms with Crippen molar-refractivity contribution in [3.05, 3.63) is 98.5 Å². The maximum atomic E-state index is 13.4. The van der Waals surface area contributed by atoms with E-state index in [-0.39, 0.29) is 31.9 Å². The highest BCUT2D eigenvalue weighted by Gasteiger charge is 2.46. The number of hydrogen-bond donors (Lipinski definition) is 1. The van der Waals surface area contributed by atoms with Gasteiger partial charge in [-0.05, 0) is 18.2 Å². The number of hydrogen-bond acceptors (Lipinski definition) is 5. The van der Waals surface area contributed by atoms with Gasteiger partial charge >= 0.3 is 5.97 Å². The van der Waals surface area contributed by atoms with Crippen LogP contribution in [0.25, 0.3) is 0 Å². The number of carbonyl (C=O) groups excluding carboxylic acids is 4. The van der Waals surface area contributed by atoms with E-state index in [0.717, 1.165) is 0 Å². The zero-order valence-corrected chi connectivity index (χ0v) is 18.9. The quantitative estimate of drug-likeness (QED) is 0.157. The van der Waals surface area contributed by atoms with Gasteiger partial charge in [0.25, 0.3) is 5.91 Å². The van der Waals surface area contributed by atoms with E-state index < -0.39 is 35.5 Å². The first kappa shape index (κ1) is 23.0. The molecule has 1 amide bonds. The molecule has 33 heavy (non-hydrogen) atoms. The summed E-state index contributed by atoms with van der Waals surface area (Å²) in [5.41, 5.74) is 0.815. The van der Waals surface area contributed by atoms with Crippen molar-refractivity contribution in [2.24, 2.45) is 5.92 Å². The van der Waals surface area contributed by atoms with E-state index in [2.05, 4.69) is 5.32 Å². The molecule has 3 aromatic rings. The molecule has 0 saturated heterocycles. The molecule has 1 N–H and O–H groups in total. The second-order valence-corrected chi connectivity index (χ2v) is 8.41. The highest BCUT2D eigenvalue weighted by Crippen LogP contribution is 2.38. The number of nitrogens with one attached hydrogen (secondary N) is 1. The van der Waals surface area contributed by atoms with Crippen LogP contribution >= 0.6 is 34.8 Å². The Balaban J connectivity index is 1.71. The minimum Gasteiger partial charge on any atom is -0.453 e. The van der Waals surface area contributed by atoms with Gasteiger partial charge in [-0.1, -0.05) is 83.3 Å². The van der Waals surface area contributed by atoms with Gasteiger partial charge in [0.05, 0.1) is 26.3 Å². The standard InChI is InChI=1S/C24H14Cl3NO5/c25-15-10-17(27)18(11-16(15)26)28-23(31)21(30)19(20(29)12-6-2-1-3-7-12)22-13-8-4-5-9-14(13)24(32)33-22/h1-11,19,22H,(H,28,31)/t19-,22-/m1/s1. The molecule has 2 atom stereocenters. The lowest BCUT2D eigenvalue weighted by Gasteiger charge is -2.21. The number of ether oxygens (including phenoxy) is 1. The van der Waals surface area contributed by atoms with E-state index in [1.807, 2.05) is 0 Å². The zero-order valence-electron chi connectivity index (χ0n) is 16.7. The number of cyclic esters (lactones) is 1. The predicted octanol–water partition coefficient (Wildman–Crippen LogP) is 5.57. The molecule has 0 saturated carbocycles. The second-order valence-electron chi connectivity index (χ2n) is 7.19. The summed E-state index contributed by atoms with van der Waals surface area (Å²) in [6, 6.07) is 17.0. The number of fused-ring (bicyclic) bond motifs is 1. The Hall–Kier alpha value is -3.19. The summed E-state index contributed by atoms with van der Waals surface area (Å²) in [4.78, 5) is 51.9. The van der Waals surface area contributed by atoms with Gasteiger partial charge in [-0.15, -0.1) is 0 Å². The molecular formula is C24H14Cl3NO5. The first-order chi connectivity index (χ1) is 15.8. The van der Waals surface area contributed by atoms with Crippen molar-refractivity contribution in [3.8, 4) is 0 Å². The van der Waals surface area contributed by atoms with Crippen LogP contribution in [0.3, 0.4) is 0 Å². The van der Waals surface area contributed by atoms with Gasteiger partial charge in [-0.2, -0.15) is 0 Å². The topological polar surface area (TPSA) is 89.5 Å². The van der Waals surface area contributed by atoms with Gasteiger partial charge in [0.1, 0.15) is 12.0 Å². The zero-order chi connectivity index (χ0) is 23.7. The third-order valence-electron chi connectivity index (χ3n) is 5.13. The SMILES string of the molecule is O=C(Nc1cc(Cl)c(Cl)cc1Cl)C(=O)[C@@H](C(=O)c1ccccc1)[C@@H]1OC(=O)c2ccccc21. The molecule has 1 aliphatic rings. The van der Waals surface area contributed by atoms with Crippen LogP contribution in [0.4, 0.5) is 5.69 Å². The smallest absolute Gasteiger partial charge is 0.339 e. The van der Waals surface area contributed by atoms with Crippen molar-refractivity contribution < 1.29 is 23.9 Å².